The van der Waals surface area contributed by atoms with Gasteiger partial charge >= 0.3 is 18.0 Å². The van der Waals surface area contributed by atoms with Gasteiger partial charge in [0.15, 0.2) is 11.9 Å². The molecule has 0 aromatic heterocycles. The SMILES string of the molecule is [3H]CSCOC(=O)N[C@@H](C(C)C)[C@@H](O)C(=O)OC1C[C@@]2(O)[C@@H](OC(=O)c3ccccc3)[C@@H]3[C@]4(O)CO[C@@H]4C[C@H](O)[C@@]3(C)C(=O)[C@H](O)C(=C1C)C2(C)C. The second-order valence-electron chi connectivity index (χ2n) is 15.1. The van der Waals surface area contributed by atoms with Gasteiger partial charge in [-0.15, -0.1) is 11.8 Å². The zero-order valence-corrected chi connectivity index (χ0v) is 30.3. The van der Waals surface area contributed by atoms with Crippen LogP contribution in [0.25, 0.3) is 0 Å². The van der Waals surface area contributed by atoms with E-state index in [0.717, 1.165) is 11.8 Å². The number of alkyl carbamates (subject to hydrolysis) is 1. The third kappa shape index (κ3) is 6.28. The average molecular weight is 738 g/mol. The van der Waals surface area contributed by atoms with Crippen molar-refractivity contribution in [3.05, 3.63) is 47.0 Å². The standard InChI is InChI=1S/C36H49NO13S/c1-17(2)24(37-32(44)48-16-51-7)26(40)31(43)49-20-14-36(46)29(50-30(42)19-11-9-8-10-12-19)27-34(6,21(38)13-22-35(27,45)15-47-22)28(41)25(39)23(18(20)3)33(36,4)5/h8-12,17,20-22,24-27,29,38-40,45-46H,13-16H2,1-7H3,(H,37,44)/t20?,21-,22+,24-,25+,26+,27-,29-,34+,35-,36+/m0/s1/i7T. The molecule has 14 nitrogen and oxygen atoms in total. The molecule has 282 valence electrons. The summed E-state index contributed by atoms with van der Waals surface area (Å²) >= 11 is 1.02. The molecule has 0 spiro atoms. The van der Waals surface area contributed by atoms with E-state index in [9.17, 15) is 44.7 Å². The van der Waals surface area contributed by atoms with E-state index >= 15 is 0 Å². The molecular weight excluding hydrogens is 686 g/mol. The maximum Gasteiger partial charge on any atom is 0.408 e. The van der Waals surface area contributed by atoms with Gasteiger partial charge in [-0.05, 0) is 49.3 Å². The predicted molar refractivity (Wildman–Crippen MR) is 182 cm³/mol. The summed E-state index contributed by atoms with van der Waals surface area (Å²) in [6.07, 6.45) is -11.2. The summed E-state index contributed by atoms with van der Waals surface area (Å²) in [7, 11) is 0. The molecule has 1 heterocycles. The minimum absolute atomic E-state index is 0.0425. The molecule has 6 N–H and O–H groups in total. The van der Waals surface area contributed by atoms with Gasteiger partial charge in [-0.3, -0.25) is 4.79 Å². The number of aliphatic hydroxyl groups is 5. The number of hydrogen-bond acceptors (Lipinski definition) is 14. The molecule has 51 heavy (non-hydrogen) atoms. The molecule has 3 fully saturated rings. The van der Waals surface area contributed by atoms with Crippen molar-refractivity contribution >= 4 is 35.6 Å². The number of ether oxygens (including phenoxy) is 4. The van der Waals surface area contributed by atoms with Gasteiger partial charge in [0.1, 0.15) is 35.5 Å². The maximum atomic E-state index is 14.6. The molecule has 4 aliphatic rings. The van der Waals surface area contributed by atoms with Crippen LogP contribution in [0.15, 0.2) is 41.5 Å². The Balaban J connectivity index is 1.60. The highest BCUT2D eigenvalue weighted by atomic mass is 32.2. The number of nitrogens with one attached hydrogen (secondary N) is 1. The lowest BCUT2D eigenvalue weighted by Gasteiger charge is -2.66. The van der Waals surface area contributed by atoms with Crippen LogP contribution in [0.2, 0.25) is 0 Å². The van der Waals surface area contributed by atoms with Crippen LogP contribution in [-0.4, -0.2) is 122 Å². The number of ketones is 1. The van der Waals surface area contributed by atoms with E-state index in [1.54, 1.807) is 45.9 Å². The molecule has 3 aliphatic carbocycles. The Morgan fingerprint density at radius 3 is 2.37 bits per heavy atom. The number of carbonyl (C=O) groups excluding carboxylic acids is 4. The van der Waals surface area contributed by atoms with Gasteiger partial charge in [0, 0.05) is 25.5 Å². The third-order valence-electron chi connectivity index (χ3n) is 11.7. The van der Waals surface area contributed by atoms with Crippen molar-refractivity contribution in [2.45, 2.75) is 108 Å². The molecular formula is C36H49NO13S. The number of carbonyl (C=O) groups is 4. The summed E-state index contributed by atoms with van der Waals surface area (Å²) in [5, 5.41) is 62.4. The molecule has 1 aromatic carbocycles. The van der Waals surface area contributed by atoms with E-state index in [-0.39, 0.29) is 41.9 Å². The zero-order valence-electron chi connectivity index (χ0n) is 30.5. The Hall–Kier alpha value is -3.05. The largest absolute Gasteiger partial charge is 0.456 e. The van der Waals surface area contributed by atoms with E-state index < -0.39 is 107 Å². The summed E-state index contributed by atoms with van der Waals surface area (Å²) in [6.45, 7) is 8.94. The number of esters is 2. The highest BCUT2D eigenvalue weighted by molar-refractivity contribution is 7.98. The lowest BCUT2D eigenvalue weighted by molar-refractivity contribution is -0.343. The lowest BCUT2D eigenvalue weighted by Crippen LogP contribution is -2.81. The molecule has 1 amide bonds. The second-order valence-corrected chi connectivity index (χ2v) is 15.8. The highest BCUT2D eigenvalue weighted by Gasteiger charge is 2.76. The first-order valence-electron chi connectivity index (χ1n) is 17.6. The number of hydrogen-bond donors (Lipinski definition) is 6. The van der Waals surface area contributed by atoms with Gasteiger partial charge < -0.3 is 49.8 Å². The third-order valence-corrected chi connectivity index (χ3v) is 12.0. The van der Waals surface area contributed by atoms with E-state index in [1.807, 2.05) is 0 Å². The van der Waals surface area contributed by atoms with Crippen LogP contribution in [0.3, 0.4) is 0 Å². The normalized spacial score (nSPS) is 36.9. The first-order chi connectivity index (χ1) is 24.3. The zero-order chi connectivity index (χ0) is 38.6. The Bertz CT molecular complexity index is 1590. The van der Waals surface area contributed by atoms with Crippen molar-refractivity contribution < 1.29 is 65.0 Å². The summed E-state index contributed by atoms with van der Waals surface area (Å²) in [6, 6.07) is 6.67. The molecule has 15 heteroatoms. The fraction of sp³-hybridized carbons (Fsp3) is 0.667. The Labute approximate surface area is 302 Å². The lowest BCUT2D eigenvalue weighted by atomic mass is 9.44. The van der Waals surface area contributed by atoms with Crippen molar-refractivity contribution in [1.82, 2.24) is 5.32 Å². The minimum atomic E-state index is -2.29. The van der Waals surface area contributed by atoms with E-state index in [4.69, 9.17) is 20.3 Å². The van der Waals surface area contributed by atoms with Gasteiger partial charge in [-0.2, -0.15) is 0 Å². The number of rotatable bonds is 9. The number of amides is 1. The average Bonchev–Trinajstić information content (AvgIpc) is 3.09. The van der Waals surface area contributed by atoms with Gasteiger partial charge in [-0.25, -0.2) is 14.4 Å². The molecule has 1 aliphatic heterocycles. The first-order valence-corrected chi connectivity index (χ1v) is 18.1. The monoisotopic (exact) mass is 737 g/mol. The quantitative estimate of drug-likeness (QED) is 0.0696. The Morgan fingerprint density at radius 2 is 1.78 bits per heavy atom. The Morgan fingerprint density at radius 1 is 1.12 bits per heavy atom. The first kappa shape index (κ1) is 37.7. The second kappa shape index (κ2) is 14.1. The van der Waals surface area contributed by atoms with Gasteiger partial charge in [-0.1, -0.05) is 45.9 Å². The van der Waals surface area contributed by atoms with Crippen LogP contribution >= 0.6 is 11.8 Å². The Kier molecular flexibility index (Phi) is 10.4. The number of thioether (sulfide) groups is 1. The number of Topliss-reactive ketones (excluding diaryl/α,β-unsaturated/α-hetero) is 1. The molecule has 2 saturated carbocycles. The van der Waals surface area contributed by atoms with Crippen molar-refractivity contribution in [3.8, 4) is 0 Å². The maximum absolute atomic E-state index is 14.6. The summed E-state index contributed by atoms with van der Waals surface area (Å²) in [4.78, 5) is 54.5. The minimum Gasteiger partial charge on any atom is -0.456 e. The summed E-state index contributed by atoms with van der Waals surface area (Å²) in [5.41, 5.74) is -7.50. The molecule has 5 rings (SSSR count). The van der Waals surface area contributed by atoms with Crippen molar-refractivity contribution in [1.29, 1.82) is 0 Å². The molecule has 2 bridgehead atoms. The molecule has 0 radical (unpaired) electrons. The molecule has 1 aromatic rings. The predicted octanol–water partition coefficient (Wildman–Crippen LogP) is 1.49. The van der Waals surface area contributed by atoms with Gasteiger partial charge in [0.05, 0.1) is 35.8 Å². The van der Waals surface area contributed by atoms with Crippen LogP contribution in [0.5, 0.6) is 0 Å². The van der Waals surface area contributed by atoms with Crippen LogP contribution < -0.4 is 5.32 Å². The smallest absolute Gasteiger partial charge is 0.408 e. The summed E-state index contributed by atoms with van der Waals surface area (Å²) < 4.78 is 29.8. The molecule has 11 atom stereocenters. The van der Waals surface area contributed by atoms with Crippen LogP contribution in [-0.2, 0) is 28.5 Å². The fourth-order valence-electron chi connectivity index (χ4n) is 8.62. The van der Waals surface area contributed by atoms with Crippen molar-refractivity contribution in [2.24, 2.45) is 22.7 Å². The van der Waals surface area contributed by atoms with Gasteiger partial charge in [0.2, 0.25) is 0 Å². The number of fused-ring (bicyclic) bond motifs is 5. The van der Waals surface area contributed by atoms with Crippen molar-refractivity contribution in [3.63, 3.8) is 0 Å². The van der Waals surface area contributed by atoms with Gasteiger partial charge in [0.25, 0.3) is 0 Å². The van der Waals surface area contributed by atoms with Crippen LogP contribution in [0.1, 0.15) is 66.1 Å². The fourth-order valence-corrected chi connectivity index (χ4v) is 8.81. The molecule has 1 unspecified atom stereocenters. The van der Waals surface area contributed by atoms with Crippen LogP contribution in [0, 0.1) is 22.7 Å². The van der Waals surface area contributed by atoms with E-state index in [0.29, 0.717) is 0 Å². The van der Waals surface area contributed by atoms with Crippen LogP contribution in [0.4, 0.5) is 4.79 Å². The summed E-state index contributed by atoms with van der Waals surface area (Å²) in [5.74, 6) is -5.15. The van der Waals surface area contributed by atoms with E-state index in [1.165, 1.54) is 26.0 Å². The molecule has 1 saturated heterocycles. The number of benzene rings is 1. The highest BCUT2D eigenvalue weighted by Crippen LogP contribution is 2.63. The number of aliphatic hydroxyl groups excluding tert-OH is 3. The topological polar surface area (TPSA) is 218 Å². The van der Waals surface area contributed by atoms with Crippen molar-refractivity contribution in [2.75, 3.05) is 18.8 Å². The van der Waals surface area contributed by atoms with E-state index in [2.05, 4.69) is 5.32 Å².